The molecular formula is C18H16ClN3O. The molecule has 0 aliphatic carbocycles. The van der Waals surface area contributed by atoms with Crippen molar-refractivity contribution in [3.05, 3.63) is 83.1 Å². The lowest BCUT2D eigenvalue weighted by Gasteiger charge is -2.11. The van der Waals surface area contributed by atoms with Crippen LogP contribution in [0.25, 0.3) is 0 Å². The van der Waals surface area contributed by atoms with Crippen molar-refractivity contribution in [1.82, 2.24) is 9.78 Å². The van der Waals surface area contributed by atoms with Gasteiger partial charge in [0.1, 0.15) is 0 Å². The Morgan fingerprint density at radius 1 is 1.04 bits per heavy atom. The van der Waals surface area contributed by atoms with Crippen LogP contribution in [-0.4, -0.2) is 15.7 Å². The van der Waals surface area contributed by atoms with Crippen LogP contribution in [0.4, 0.5) is 5.69 Å². The maximum atomic E-state index is 12.3. The van der Waals surface area contributed by atoms with Gasteiger partial charge in [0.05, 0.1) is 13.0 Å². The highest BCUT2D eigenvalue weighted by atomic mass is 35.5. The zero-order chi connectivity index (χ0) is 16.1. The molecule has 3 aromatic rings. The summed E-state index contributed by atoms with van der Waals surface area (Å²) in [5.74, 6) is -0.0917. The van der Waals surface area contributed by atoms with Gasteiger partial charge in [0.2, 0.25) is 5.91 Å². The lowest BCUT2D eigenvalue weighted by molar-refractivity contribution is -0.115. The summed E-state index contributed by atoms with van der Waals surface area (Å²) in [4.78, 5) is 12.3. The third kappa shape index (κ3) is 3.99. The number of anilines is 1. The van der Waals surface area contributed by atoms with Crippen molar-refractivity contribution in [1.29, 1.82) is 0 Å². The Morgan fingerprint density at radius 3 is 2.52 bits per heavy atom. The Kier molecular flexibility index (Phi) is 4.74. The first-order chi connectivity index (χ1) is 11.2. The molecule has 0 aliphatic heterocycles. The van der Waals surface area contributed by atoms with E-state index >= 15 is 0 Å². The summed E-state index contributed by atoms with van der Waals surface area (Å²) in [6.07, 6.45) is 3.87. The zero-order valence-corrected chi connectivity index (χ0v) is 13.2. The summed E-state index contributed by atoms with van der Waals surface area (Å²) in [5, 5.41) is 7.76. The number of nitrogens with zero attached hydrogens (tertiary/aromatic N) is 2. The molecular weight excluding hydrogens is 310 g/mol. The quantitative estimate of drug-likeness (QED) is 0.776. The van der Waals surface area contributed by atoms with Gasteiger partial charge in [-0.3, -0.25) is 9.48 Å². The fourth-order valence-electron chi connectivity index (χ4n) is 2.36. The Hall–Kier alpha value is -2.59. The first-order valence-corrected chi connectivity index (χ1v) is 7.69. The number of carbonyl (C=O) groups is 1. The molecule has 0 aliphatic rings. The van der Waals surface area contributed by atoms with Crippen LogP contribution < -0.4 is 5.32 Å². The smallest absolute Gasteiger partial charge is 0.228 e. The Bertz CT molecular complexity index is 800. The molecule has 1 amide bonds. The number of aromatic nitrogens is 2. The number of amides is 1. The number of nitrogens with one attached hydrogen (secondary N) is 1. The van der Waals surface area contributed by atoms with Crippen LogP contribution in [-0.2, 0) is 17.8 Å². The zero-order valence-electron chi connectivity index (χ0n) is 12.4. The maximum absolute atomic E-state index is 12.3. The lowest BCUT2D eigenvalue weighted by atomic mass is 10.1. The number of benzene rings is 2. The van der Waals surface area contributed by atoms with E-state index in [9.17, 15) is 4.79 Å². The molecule has 0 spiro atoms. The van der Waals surface area contributed by atoms with Gasteiger partial charge in [-0.1, -0.05) is 48.0 Å². The second kappa shape index (κ2) is 7.11. The molecule has 0 saturated heterocycles. The van der Waals surface area contributed by atoms with Crippen molar-refractivity contribution < 1.29 is 4.79 Å². The molecule has 116 valence electrons. The van der Waals surface area contributed by atoms with E-state index < -0.39 is 0 Å². The van der Waals surface area contributed by atoms with Gasteiger partial charge in [-0.2, -0.15) is 5.10 Å². The lowest BCUT2D eigenvalue weighted by Crippen LogP contribution is -2.16. The van der Waals surface area contributed by atoms with Crippen LogP contribution in [0, 0.1) is 0 Å². The predicted octanol–water partition coefficient (Wildman–Crippen LogP) is 3.77. The average Bonchev–Trinajstić information content (AvgIpc) is 3.05. The van der Waals surface area contributed by atoms with Crippen LogP contribution >= 0.6 is 11.6 Å². The van der Waals surface area contributed by atoms with Crippen LogP contribution in [0.3, 0.4) is 0 Å². The normalized spacial score (nSPS) is 10.5. The molecule has 23 heavy (non-hydrogen) atoms. The number of halogens is 1. The van der Waals surface area contributed by atoms with Crippen molar-refractivity contribution in [2.45, 2.75) is 13.0 Å². The monoisotopic (exact) mass is 325 g/mol. The van der Waals surface area contributed by atoms with Crippen molar-refractivity contribution in [2.75, 3.05) is 5.32 Å². The summed E-state index contributed by atoms with van der Waals surface area (Å²) < 4.78 is 1.82. The summed E-state index contributed by atoms with van der Waals surface area (Å²) in [5.41, 5.74) is 2.61. The van der Waals surface area contributed by atoms with Crippen molar-refractivity contribution >= 4 is 23.2 Å². The molecule has 0 fully saturated rings. The molecule has 1 N–H and O–H groups in total. The first kappa shape index (κ1) is 15.3. The molecule has 1 aromatic heterocycles. The van der Waals surface area contributed by atoms with Gasteiger partial charge in [-0.05, 0) is 29.3 Å². The fraction of sp³-hybridized carbons (Fsp3) is 0.111. The first-order valence-electron chi connectivity index (χ1n) is 7.31. The van der Waals surface area contributed by atoms with Crippen LogP contribution in [0.15, 0.2) is 67.0 Å². The molecule has 2 aromatic carbocycles. The van der Waals surface area contributed by atoms with Crippen molar-refractivity contribution in [2.24, 2.45) is 0 Å². The van der Waals surface area contributed by atoms with E-state index in [-0.39, 0.29) is 12.3 Å². The van der Waals surface area contributed by atoms with Crippen molar-refractivity contribution in [3.63, 3.8) is 0 Å². The minimum absolute atomic E-state index is 0.0917. The highest BCUT2D eigenvalue weighted by molar-refractivity contribution is 6.31. The molecule has 0 unspecified atom stereocenters. The molecule has 0 saturated carbocycles. The third-order valence-electron chi connectivity index (χ3n) is 3.49. The Balaban J connectivity index is 1.72. The van der Waals surface area contributed by atoms with Gasteiger partial charge in [0, 0.05) is 23.1 Å². The number of rotatable bonds is 5. The molecule has 1 heterocycles. The third-order valence-corrected chi connectivity index (χ3v) is 3.86. The predicted molar refractivity (Wildman–Crippen MR) is 91.6 cm³/mol. The van der Waals surface area contributed by atoms with Gasteiger partial charge in [-0.25, -0.2) is 0 Å². The van der Waals surface area contributed by atoms with Crippen LogP contribution in [0.2, 0.25) is 5.02 Å². The highest BCUT2D eigenvalue weighted by Crippen LogP contribution is 2.19. The van der Waals surface area contributed by atoms with E-state index in [1.165, 1.54) is 0 Å². The van der Waals surface area contributed by atoms with E-state index in [0.29, 0.717) is 11.6 Å². The second-order valence-electron chi connectivity index (χ2n) is 5.18. The van der Waals surface area contributed by atoms with Crippen LogP contribution in [0.1, 0.15) is 11.1 Å². The maximum Gasteiger partial charge on any atom is 0.228 e. The number of carbonyl (C=O) groups excluding carboxylic acids is 1. The molecule has 0 atom stereocenters. The molecule has 0 bridgehead atoms. The molecule has 3 rings (SSSR count). The molecule has 5 heteroatoms. The number of para-hydroxylation sites is 1. The number of hydrogen-bond donors (Lipinski definition) is 1. The minimum Gasteiger partial charge on any atom is -0.325 e. The highest BCUT2D eigenvalue weighted by Gasteiger charge is 2.09. The van der Waals surface area contributed by atoms with Gasteiger partial charge >= 0.3 is 0 Å². The standard InChI is InChI=1S/C18H16ClN3O/c19-16-8-3-1-6-14(16)12-18(23)21-17-9-4-2-7-15(17)13-22-11-5-10-20-22/h1-11H,12-13H2,(H,21,23). The van der Waals surface area contributed by atoms with E-state index in [0.717, 1.165) is 16.8 Å². The fourth-order valence-corrected chi connectivity index (χ4v) is 2.56. The van der Waals surface area contributed by atoms with Crippen molar-refractivity contribution in [3.8, 4) is 0 Å². The molecule has 4 nitrogen and oxygen atoms in total. The van der Waals surface area contributed by atoms with Gasteiger partial charge in [0.15, 0.2) is 0 Å². The summed E-state index contributed by atoms with van der Waals surface area (Å²) in [7, 11) is 0. The van der Waals surface area contributed by atoms with Gasteiger partial charge in [-0.15, -0.1) is 0 Å². The van der Waals surface area contributed by atoms with E-state index in [1.807, 2.05) is 59.4 Å². The Labute approximate surface area is 139 Å². The molecule has 0 radical (unpaired) electrons. The topological polar surface area (TPSA) is 46.9 Å². The minimum atomic E-state index is -0.0917. The Morgan fingerprint density at radius 2 is 1.78 bits per heavy atom. The largest absolute Gasteiger partial charge is 0.325 e. The summed E-state index contributed by atoms with van der Waals surface area (Å²) in [6.45, 7) is 0.607. The summed E-state index contributed by atoms with van der Waals surface area (Å²) >= 11 is 6.11. The second-order valence-corrected chi connectivity index (χ2v) is 5.58. The van der Waals surface area contributed by atoms with Gasteiger partial charge < -0.3 is 5.32 Å². The van der Waals surface area contributed by atoms with E-state index in [4.69, 9.17) is 11.6 Å². The van der Waals surface area contributed by atoms with Crippen LogP contribution in [0.5, 0.6) is 0 Å². The average molecular weight is 326 g/mol. The summed E-state index contributed by atoms with van der Waals surface area (Å²) in [6, 6.07) is 17.0. The SMILES string of the molecule is O=C(Cc1ccccc1Cl)Nc1ccccc1Cn1cccn1. The number of hydrogen-bond acceptors (Lipinski definition) is 2. The van der Waals surface area contributed by atoms with Gasteiger partial charge in [0.25, 0.3) is 0 Å². The van der Waals surface area contributed by atoms with E-state index in [2.05, 4.69) is 10.4 Å². The van der Waals surface area contributed by atoms with E-state index in [1.54, 1.807) is 12.3 Å².